The predicted molar refractivity (Wildman–Crippen MR) is 132 cm³/mol. The van der Waals surface area contributed by atoms with Crippen molar-refractivity contribution < 1.29 is 29.2 Å². The van der Waals surface area contributed by atoms with Crippen molar-refractivity contribution in [2.24, 2.45) is 0 Å². The van der Waals surface area contributed by atoms with Gasteiger partial charge >= 0.3 is 12.0 Å². The minimum absolute atomic E-state index is 0.00234. The van der Waals surface area contributed by atoms with Crippen LogP contribution in [0.1, 0.15) is 16.7 Å². The van der Waals surface area contributed by atoms with E-state index in [4.69, 9.17) is 30.9 Å². The first-order chi connectivity index (χ1) is 17.0. The Balaban J connectivity index is 1.79. The molecule has 3 aromatic rings. The van der Waals surface area contributed by atoms with Gasteiger partial charge in [0.05, 0.1) is 26.4 Å². The number of rotatable bonds is 12. The van der Waals surface area contributed by atoms with Crippen LogP contribution in [0, 0.1) is 0 Å². The Bertz CT molecular complexity index is 1160. The number of ether oxygens (including phenoxy) is 3. The molecule has 0 aliphatic carbocycles. The molecule has 0 amide bonds. The van der Waals surface area contributed by atoms with Crippen molar-refractivity contribution in [1.82, 2.24) is 15.3 Å². The standard InChI is InChI=1S/C25H26ClN3O6/c1-33-22-20(13-27-21(14-30)24(31)32)23(34-2)29-25(28-22)35-15-16-6-5-8-18(12-16)19-9-4-3-7-17(19)10-11-26/h3-12,21,27,30H,13-15H2,1-2H3,(H,31,32). The normalized spacial score (nSPS) is 11.9. The molecule has 1 aromatic heterocycles. The van der Waals surface area contributed by atoms with E-state index in [1.54, 1.807) is 0 Å². The lowest BCUT2D eigenvalue weighted by Crippen LogP contribution is -2.39. The van der Waals surface area contributed by atoms with E-state index in [0.29, 0.717) is 5.56 Å². The van der Waals surface area contributed by atoms with Gasteiger partial charge in [-0.15, -0.1) is 0 Å². The molecule has 184 valence electrons. The number of halogens is 1. The molecule has 0 saturated carbocycles. The number of nitrogens with one attached hydrogen (secondary N) is 1. The zero-order chi connectivity index (χ0) is 25.2. The molecule has 3 N–H and O–H groups in total. The van der Waals surface area contributed by atoms with Gasteiger partial charge in [-0.25, -0.2) is 0 Å². The highest BCUT2D eigenvalue weighted by Gasteiger charge is 2.21. The van der Waals surface area contributed by atoms with Crippen molar-refractivity contribution in [2.75, 3.05) is 20.8 Å². The molecule has 9 nitrogen and oxygen atoms in total. The van der Waals surface area contributed by atoms with Gasteiger partial charge in [-0.1, -0.05) is 54.1 Å². The molecule has 0 aliphatic rings. The number of aliphatic carboxylic acids is 1. The maximum Gasteiger partial charge on any atom is 0.323 e. The number of hydrogen-bond donors (Lipinski definition) is 3. The first-order valence-electron chi connectivity index (χ1n) is 10.6. The van der Waals surface area contributed by atoms with Crippen LogP contribution >= 0.6 is 11.6 Å². The first kappa shape index (κ1) is 26.0. The quantitative estimate of drug-likeness (QED) is 0.343. The van der Waals surface area contributed by atoms with Crippen LogP contribution in [0.25, 0.3) is 17.2 Å². The minimum Gasteiger partial charge on any atom is -0.481 e. The SMILES string of the molecule is COc1nc(OCc2cccc(-c3ccccc3C=CCl)c2)nc(OC)c1CNC(CO)C(=O)O. The minimum atomic E-state index is -1.19. The molecule has 0 radical (unpaired) electrons. The van der Waals surface area contributed by atoms with Gasteiger partial charge in [0.1, 0.15) is 12.6 Å². The Morgan fingerprint density at radius 3 is 2.46 bits per heavy atom. The fourth-order valence-corrected chi connectivity index (χ4v) is 3.52. The number of aliphatic hydroxyl groups excluding tert-OH is 1. The smallest absolute Gasteiger partial charge is 0.323 e. The highest BCUT2D eigenvalue weighted by Crippen LogP contribution is 2.29. The van der Waals surface area contributed by atoms with E-state index in [9.17, 15) is 9.90 Å². The lowest BCUT2D eigenvalue weighted by atomic mass is 9.98. The number of benzene rings is 2. The molecule has 0 fully saturated rings. The summed E-state index contributed by atoms with van der Waals surface area (Å²) in [5, 5.41) is 21.0. The van der Waals surface area contributed by atoms with Crippen LogP contribution in [-0.2, 0) is 17.9 Å². The number of carboxylic acid groups (broad SMARTS) is 1. The topological polar surface area (TPSA) is 123 Å². The van der Waals surface area contributed by atoms with Gasteiger partial charge in [0.2, 0.25) is 11.8 Å². The molecule has 2 aromatic carbocycles. The lowest BCUT2D eigenvalue weighted by Gasteiger charge is -2.16. The monoisotopic (exact) mass is 499 g/mol. The van der Waals surface area contributed by atoms with Crippen LogP contribution in [-0.4, -0.2) is 53.0 Å². The van der Waals surface area contributed by atoms with Gasteiger partial charge in [-0.2, -0.15) is 9.97 Å². The molecule has 0 spiro atoms. The number of nitrogens with zero attached hydrogens (tertiary/aromatic N) is 2. The van der Waals surface area contributed by atoms with Crippen LogP contribution in [0.4, 0.5) is 0 Å². The Morgan fingerprint density at radius 2 is 1.83 bits per heavy atom. The molecule has 35 heavy (non-hydrogen) atoms. The average molecular weight is 500 g/mol. The maximum atomic E-state index is 11.2. The summed E-state index contributed by atoms with van der Waals surface area (Å²) in [6.07, 6.45) is 1.84. The summed E-state index contributed by atoms with van der Waals surface area (Å²) in [7, 11) is 2.85. The molecule has 1 unspecified atom stereocenters. The summed E-state index contributed by atoms with van der Waals surface area (Å²) >= 11 is 5.79. The van der Waals surface area contributed by atoms with Crippen LogP contribution in [0.15, 0.2) is 54.1 Å². The largest absolute Gasteiger partial charge is 0.481 e. The van der Waals surface area contributed by atoms with Crippen LogP contribution < -0.4 is 19.5 Å². The van der Waals surface area contributed by atoms with Crippen LogP contribution in [0.2, 0.25) is 0 Å². The van der Waals surface area contributed by atoms with Gasteiger partial charge in [0.25, 0.3) is 0 Å². The summed E-state index contributed by atoms with van der Waals surface area (Å²) in [4.78, 5) is 19.7. The maximum absolute atomic E-state index is 11.2. The number of aromatic nitrogens is 2. The summed E-state index contributed by atoms with van der Waals surface area (Å²) in [6.45, 7) is -0.382. The second-order valence-electron chi connectivity index (χ2n) is 7.33. The predicted octanol–water partition coefficient (Wildman–Crippen LogP) is 3.48. The van der Waals surface area contributed by atoms with Gasteiger partial charge < -0.3 is 24.4 Å². The van der Waals surface area contributed by atoms with Crippen molar-refractivity contribution in [3.8, 4) is 28.9 Å². The fraction of sp³-hybridized carbons (Fsp3) is 0.240. The van der Waals surface area contributed by atoms with Crippen molar-refractivity contribution in [3.63, 3.8) is 0 Å². The van der Waals surface area contributed by atoms with Crippen molar-refractivity contribution in [3.05, 3.63) is 70.8 Å². The number of aliphatic hydroxyl groups is 1. The third-order valence-electron chi connectivity index (χ3n) is 5.11. The Labute approximate surface area is 208 Å². The molecule has 0 saturated heterocycles. The Morgan fingerprint density at radius 1 is 1.11 bits per heavy atom. The van der Waals surface area contributed by atoms with E-state index >= 15 is 0 Å². The highest BCUT2D eigenvalue weighted by molar-refractivity contribution is 6.27. The zero-order valence-corrected chi connectivity index (χ0v) is 20.0. The van der Waals surface area contributed by atoms with E-state index < -0.39 is 18.6 Å². The van der Waals surface area contributed by atoms with Crippen LogP contribution in [0.3, 0.4) is 0 Å². The summed E-state index contributed by atoms with van der Waals surface area (Å²) in [6, 6.07) is 14.7. The van der Waals surface area contributed by atoms with E-state index in [0.717, 1.165) is 22.3 Å². The average Bonchev–Trinajstić information content (AvgIpc) is 2.88. The van der Waals surface area contributed by atoms with E-state index in [2.05, 4.69) is 15.3 Å². The van der Waals surface area contributed by atoms with E-state index in [-0.39, 0.29) is 30.9 Å². The second-order valence-corrected chi connectivity index (χ2v) is 7.58. The third-order valence-corrected chi connectivity index (χ3v) is 5.24. The zero-order valence-electron chi connectivity index (χ0n) is 19.3. The molecular formula is C25H26ClN3O6. The summed E-state index contributed by atoms with van der Waals surface area (Å²) < 4.78 is 16.5. The van der Waals surface area contributed by atoms with Crippen molar-refractivity contribution in [1.29, 1.82) is 0 Å². The number of carbonyl (C=O) groups is 1. The molecule has 0 bridgehead atoms. The van der Waals surface area contributed by atoms with Gasteiger partial charge in [0.15, 0.2) is 0 Å². The van der Waals surface area contributed by atoms with Gasteiger partial charge in [-0.05, 0) is 34.4 Å². The molecule has 10 heteroatoms. The molecule has 0 aliphatic heterocycles. The molecule has 1 heterocycles. The molecule has 1 atom stereocenters. The number of methoxy groups -OCH3 is 2. The Hall–Kier alpha value is -3.66. The molecule has 3 rings (SSSR count). The second kappa shape index (κ2) is 12.7. The van der Waals surface area contributed by atoms with E-state index in [1.165, 1.54) is 19.8 Å². The van der Waals surface area contributed by atoms with E-state index in [1.807, 2.05) is 54.6 Å². The number of carboxylic acids is 1. The fourth-order valence-electron chi connectivity index (χ4n) is 3.38. The van der Waals surface area contributed by atoms with Crippen molar-refractivity contribution in [2.45, 2.75) is 19.2 Å². The summed E-state index contributed by atoms with van der Waals surface area (Å²) in [5.74, 6) is -0.858. The van der Waals surface area contributed by atoms with Gasteiger partial charge in [-0.3, -0.25) is 10.1 Å². The van der Waals surface area contributed by atoms with Gasteiger partial charge in [0, 0.05) is 12.1 Å². The lowest BCUT2D eigenvalue weighted by molar-refractivity contribution is -0.140. The third kappa shape index (κ3) is 6.69. The number of hydrogen-bond acceptors (Lipinski definition) is 8. The van der Waals surface area contributed by atoms with Crippen LogP contribution in [0.5, 0.6) is 17.8 Å². The molecular weight excluding hydrogens is 474 g/mol. The Kier molecular flexibility index (Phi) is 9.42. The van der Waals surface area contributed by atoms with Crippen molar-refractivity contribution >= 4 is 23.6 Å². The highest BCUT2D eigenvalue weighted by atomic mass is 35.5. The first-order valence-corrected chi connectivity index (χ1v) is 11.1. The summed E-state index contributed by atoms with van der Waals surface area (Å²) in [5.41, 5.74) is 5.80.